The molecule has 1 aliphatic carbocycles. The molecule has 11 heteroatoms. The zero-order valence-electron chi connectivity index (χ0n) is 15.2. The molecule has 0 aromatic heterocycles. The highest BCUT2D eigenvalue weighted by Gasteiger charge is 2.29. The number of nitrogen functional groups attached to an aromatic ring is 1. The molecule has 0 saturated heterocycles. The number of phenolic OH excluding ortho intramolecular Hbond substituents is 1. The largest absolute Gasteiger partial charge is 0.501 e. The van der Waals surface area contributed by atoms with E-state index in [1.54, 1.807) is 6.07 Å². The van der Waals surface area contributed by atoms with Crippen LogP contribution in [0, 0.1) is 10.1 Å². The Morgan fingerprint density at radius 2 is 1.81 bits per heavy atom. The van der Waals surface area contributed by atoms with E-state index in [4.69, 9.17) is 10.2 Å². The highest BCUT2D eigenvalue weighted by Crippen LogP contribution is 2.49. The number of aromatic hydroxyl groups is 1. The Kier molecular flexibility index (Phi) is 4.94. The van der Waals surface area contributed by atoms with Crippen LogP contribution in [0.25, 0.3) is 33.4 Å². The second-order valence-corrected chi connectivity index (χ2v) is 8.09. The van der Waals surface area contributed by atoms with E-state index in [2.05, 4.69) is 31.9 Å². The van der Waals surface area contributed by atoms with E-state index in [1.807, 2.05) is 0 Å². The molecule has 4 N–H and O–H groups in total. The number of nitrogens with zero attached hydrogens (tertiary/aromatic N) is 1. The first-order valence-corrected chi connectivity index (χ1v) is 10.1. The third-order valence-electron chi connectivity index (χ3n) is 4.75. The minimum atomic E-state index is -1.22. The van der Waals surface area contributed by atoms with E-state index >= 15 is 0 Å². The minimum absolute atomic E-state index is 0.0109. The SMILES string of the molecule is Nc1cc2c(-c3ccccc3C(=O)O)c3cc([N+](=O)[O-])c(O)c(Br)c3oc-2c(Br)c1=O. The number of carbonyl (C=O) groups is 1. The van der Waals surface area contributed by atoms with Crippen LogP contribution in [0.4, 0.5) is 11.4 Å². The smallest absolute Gasteiger partial charge is 0.336 e. The zero-order chi connectivity index (χ0) is 22.6. The van der Waals surface area contributed by atoms with Crippen molar-refractivity contribution in [1.29, 1.82) is 0 Å². The van der Waals surface area contributed by atoms with Gasteiger partial charge >= 0.3 is 11.7 Å². The van der Waals surface area contributed by atoms with Gasteiger partial charge in [0.25, 0.3) is 0 Å². The van der Waals surface area contributed by atoms with Crippen molar-refractivity contribution in [3.05, 3.63) is 71.2 Å². The second-order valence-electron chi connectivity index (χ2n) is 6.51. The number of carboxylic acid groups (broad SMARTS) is 1. The van der Waals surface area contributed by atoms with Crippen molar-refractivity contribution in [2.75, 3.05) is 5.73 Å². The third-order valence-corrected chi connectivity index (χ3v) is 6.20. The Bertz CT molecular complexity index is 1460. The summed E-state index contributed by atoms with van der Waals surface area (Å²) in [6, 6.07) is 8.46. The molecule has 1 aliphatic heterocycles. The molecule has 0 amide bonds. The van der Waals surface area contributed by atoms with Crippen LogP contribution in [0.5, 0.6) is 5.75 Å². The first kappa shape index (κ1) is 20.8. The maximum absolute atomic E-state index is 12.4. The van der Waals surface area contributed by atoms with Crippen molar-refractivity contribution >= 4 is 60.2 Å². The molecular weight excluding hydrogens is 540 g/mol. The molecule has 0 saturated carbocycles. The highest BCUT2D eigenvalue weighted by atomic mass is 79.9. The average molecular weight is 550 g/mol. The average Bonchev–Trinajstić information content (AvgIpc) is 2.73. The van der Waals surface area contributed by atoms with Crippen LogP contribution in [-0.4, -0.2) is 21.1 Å². The predicted molar refractivity (Wildman–Crippen MR) is 120 cm³/mol. The molecule has 1 heterocycles. The number of nitro benzene ring substituents is 1. The monoisotopic (exact) mass is 548 g/mol. The summed E-state index contributed by atoms with van der Waals surface area (Å²) in [6.07, 6.45) is 0. The van der Waals surface area contributed by atoms with Gasteiger partial charge in [-0.05, 0) is 49.6 Å². The van der Waals surface area contributed by atoms with Gasteiger partial charge in [0, 0.05) is 22.6 Å². The lowest BCUT2D eigenvalue weighted by Gasteiger charge is -2.19. The summed E-state index contributed by atoms with van der Waals surface area (Å²) in [7, 11) is 0. The first-order chi connectivity index (χ1) is 14.6. The summed E-state index contributed by atoms with van der Waals surface area (Å²) in [5, 5.41) is 31.6. The molecule has 0 fully saturated rings. The standard InChI is InChI=1S/C20H10Br2N2O7/c21-14-16(25)11(23)5-9-13(7-3-1-2-4-8(7)20(27)28)10-6-12(24(29)30)17(26)15(22)19(10)31-18(9)14/h1-6,26H,23H2,(H,27,28). The van der Waals surface area contributed by atoms with Crippen molar-refractivity contribution in [1.82, 2.24) is 0 Å². The Morgan fingerprint density at radius 1 is 1.13 bits per heavy atom. The van der Waals surface area contributed by atoms with Gasteiger partial charge in [-0.1, -0.05) is 18.2 Å². The summed E-state index contributed by atoms with van der Waals surface area (Å²) >= 11 is 6.28. The summed E-state index contributed by atoms with van der Waals surface area (Å²) in [5.41, 5.74) is 5.18. The molecule has 0 unspecified atom stereocenters. The third kappa shape index (κ3) is 3.13. The summed E-state index contributed by atoms with van der Waals surface area (Å²) in [6.45, 7) is 0. The van der Waals surface area contributed by atoms with Crippen LogP contribution in [0.1, 0.15) is 10.4 Å². The predicted octanol–water partition coefficient (Wildman–Crippen LogP) is 4.98. The van der Waals surface area contributed by atoms with E-state index in [0.717, 1.165) is 6.07 Å². The fourth-order valence-corrected chi connectivity index (χ4v) is 4.40. The molecule has 2 aromatic rings. The van der Waals surface area contributed by atoms with E-state index < -0.39 is 27.8 Å². The quantitative estimate of drug-likeness (QED) is 0.140. The van der Waals surface area contributed by atoms with Crippen LogP contribution in [0.2, 0.25) is 0 Å². The highest BCUT2D eigenvalue weighted by molar-refractivity contribution is 9.11. The Labute approximate surface area is 189 Å². The number of aromatic carboxylic acids is 1. The number of phenols is 1. The fraction of sp³-hybridized carbons (Fsp3) is 0. The van der Waals surface area contributed by atoms with Crippen molar-refractivity contribution in [2.24, 2.45) is 0 Å². The van der Waals surface area contributed by atoms with Gasteiger partial charge in [-0.25, -0.2) is 4.79 Å². The molecule has 0 radical (unpaired) electrons. The number of benzene rings is 3. The molecule has 0 spiro atoms. The van der Waals surface area contributed by atoms with Gasteiger partial charge in [0.1, 0.15) is 8.95 Å². The first-order valence-electron chi connectivity index (χ1n) is 8.50. The molecule has 9 nitrogen and oxygen atoms in total. The number of anilines is 1. The summed E-state index contributed by atoms with van der Waals surface area (Å²) < 4.78 is 5.71. The van der Waals surface area contributed by atoms with Gasteiger partial charge < -0.3 is 20.4 Å². The lowest BCUT2D eigenvalue weighted by atomic mass is 9.90. The topological polar surface area (TPSA) is 157 Å². The molecule has 2 aliphatic rings. The van der Waals surface area contributed by atoms with Crippen molar-refractivity contribution in [3.63, 3.8) is 0 Å². The van der Waals surface area contributed by atoms with E-state index in [1.165, 1.54) is 24.3 Å². The number of nitro groups is 1. The minimum Gasteiger partial charge on any atom is -0.501 e. The summed E-state index contributed by atoms with van der Waals surface area (Å²) in [5.74, 6) is -1.86. The van der Waals surface area contributed by atoms with Crippen LogP contribution in [0.15, 0.2) is 54.6 Å². The molecule has 4 rings (SSSR count). The van der Waals surface area contributed by atoms with Crippen LogP contribution in [0.3, 0.4) is 0 Å². The molecule has 2 aromatic carbocycles. The number of fused-ring (bicyclic) bond motifs is 2. The number of carboxylic acids is 1. The molecule has 0 atom stereocenters. The lowest BCUT2D eigenvalue weighted by molar-refractivity contribution is -0.385. The second kappa shape index (κ2) is 7.36. The molecule has 156 valence electrons. The molecule has 0 bridgehead atoms. The normalized spacial score (nSPS) is 11.2. The maximum atomic E-state index is 12.4. The van der Waals surface area contributed by atoms with Crippen molar-refractivity contribution in [3.8, 4) is 28.2 Å². The van der Waals surface area contributed by atoms with Crippen LogP contribution in [-0.2, 0) is 0 Å². The molecular formula is C20H10Br2N2O7. The number of hydrogen-bond acceptors (Lipinski definition) is 7. The zero-order valence-corrected chi connectivity index (χ0v) is 18.4. The number of halogens is 2. The Hall–Kier alpha value is -3.44. The molecule has 31 heavy (non-hydrogen) atoms. The number of nitrogens with two attached hydrogens (primary N) is 1. The summed E-state index contributed by atoms with van der Waals surface area (Å²) in [4.78, 5) is 35.0. The van der Waals surface area contributed by atoms with Gasteiger partial charge in [0.2, 0.25) is 11.2 Å². The van der Waals surface area contributed by atoms with Crippen LogP contribution < -0.4 is 11.2 Å². The van der Waals surface area contributed by atoms with Crippen LogP contribution >= 0.6 is 31.9 Å². The van der Waals surface area contributed by atoms with Crippen molar-refractivity contribution in [2.45, 2.75) is 0 Å². The number of rotatable bonds is 3. The van der Waals surface area contributed by atoms with Gasteiger partial charge in [0.15, 0.2) is 11.3 Å². The Morgan fingerprint density at radius 3 is 2.45 bits per heavy atom. The maximum Gasteiger partial charge on any atom is 0.336 e. The van der Waals surface area contributed by atoms with E-state index in [0.29, 0.717) is 0 Å². The van der Waals surface area contributed by atoms with Crippen molar-refractivity contribution < 1.29 is 24.3 Å². The fourth-order valence-electron chi connectivity index (χ4n) is 3.38. The lowest BCUT2D eigenvalue weighted by Crippen LogP contribution is -2.11. The van der Waals surface area contributed by atoms with Gasteiger partial charge in [-0.2, -0.15) is 0 Å². The van der Waals surface area contributed by atoms with Gasteiger partial charge in [-0.15, -0.1) is 0 Å². The van der Waals surface area contributed by atoms with Gasteiger partial charge in [-0.3, -0.25) is 14.9 Å². The van der Waals surface area contributed by atoms with E-state index in [9.17, 15) is 29.9 Å². The van der Waals surface area contributed by atoms with E-state index in [-0.39, 0.29) is 53.6 Å². The number of hydrogen-bond donors (Lipinski definition) is 3. The van der Waals surface area contributed by atoms with Gasteiger partial charge in [0.05, 0.1) is 16.2 Å². The Balaban J connectivity index is 2.35.